The second kappa shape index (κ2) is 9.99. The molecule has 0 unspecified atom stereocenters. The summed E-state index contributed by atoms with van der Waals surface area (Å²) in [6.45, 7) is 0.367. The molecule has 8 heteroatoms. The van der Waals surface area contributed by atoms with E-state index in [-0.39, 0.29) is 10.6 Å². The van der Waals surface area contributed by atoms with Gasteiger partial charge in [-0.3, -0.25) is 4.79 Å². The minimum atomic E-state index is -3.94. The van der Waals surface area contributed by atoms with Gasteiger partial charge < -0.3 is 9.30 Å². The summed E-state index contributed by atoms with van der Waals surface area (Å²) in [7, 11) is -2.31. The molecule has 0 bridgehead atoms. The Kier molecular flexibility index (Phi) is 6.58. The van der Waals surface area contributed by atoms with Crippen molar-refractivity contribution < 1.29 is 22.3 Å². The number of rotatable bonds is 8. The summed E-state index contributed by atoms with van der Waals surface area (Å²) >= 11 is 0. The van der Waals surface area contributed by atoms with Crippen LogP contribution in [0.25, 0.3) is 22.2 Å². The van der Waals surface area contributed by atoms with Gasteiger partial charge in [0.25, 0.3) is 0 Å². The third kappa shape index (κ3) is 5.15. The van der Waals surface area contributed by atoms with E-state index in [4.69, 9.17) is 4.74 Å². The van der Waals surface area contributed by atoms with Crippen LogP contribution in [-0.2, 0) is 16.4 Å². The zero-order valence-corrected chi connectivity index (χ0v) is 20.8. The molecule has 0 N–H and O–H groups in total. The fourth-order valence-electron chi connectivity index (χ4n) is 4.25. The summed E-state index contributed by atoms with van der Waals surface area (Å²) < 4.78 is 46.1. The summed E-state index contributed by atoms with van der Waals surface area (Å²) in [4.78, 5) is 17.3. The van der Waals surface area contributed by atoms with E-state index in [2.05, 4.69) is 15.6 Å². The first-order chi connectivity index (χ1) is 17.8. The van der Waals surface area contributed by atoms with Crippen LogP contribution in [0.5, 0.6) is 5.75 Å². The Bertz CT molecular complexity index is 1700. The van der Waals surface area contributed by atoms with Crippen LogP contribution < -0.4 is 4.74 Å². The standard InChI is InChI=1S/C29H23FN2O4S/c1-36-24-12-15-27-21(16-24)17-28(20-6-3-2-4-7-20)32(27)18-23-8-5-9-26(31-23)29(33)19-37(34,35)25-13-10-22(30)11-14-25/h2-17H,18-19H2,1H3. The minimum absolute atomic E-state index is 0.0579. The van der Waals surface area contributed by atoms with Crippen molar-refractivity contribution in [2.45, 2.75) is 11.4 Å². The van der Waals surface area contributed by atoms with E-state index >= 15 is 0 Å². The van der Waals surface area contributed by atoms with E-state index in [1.54, 1.807) is 19.2 Å². The van der Waals surface area contributed by atoms with Crippen LogP contribution >= 0.6 is 0 Å². The zero-order valence-electron chi connectivity index (χ0n) is 20.0. The summed E-state index contributed by atoms with van der Waals surface area (Å²) in [6.07, 6.45) is 0. The number of hydrogen-bond donors (Lipinski definition) is 0. The highest BCUT2D eigenvalue weighted by Gasteiger charge is 2.22. The first-order valence-electron chi connectivity index (χ1n) is 11.5. The fourth-order valence-corrected chi connectivity index (χ4v) is 5.46. The Labute approximate surface area is 213 Å². The molecular formula is C29H23FN2O4S. The van der Waals surface area contributed by atoms with Gasteiger partial charge in [-0.15, -0.1) is 0 Å². The molecule has 0 saturated heterocycles. The van der Waals surface area contributed by atoms with Crippen molar-refractivity contribution in [1.82, 2.24) is 9.55 Å². The summed E-state index contributed by atoms with van der Waals surface area (Å²) in [5, 5.41) is 0.996. The third-order valence-electron chi connectivity index (χ3n) is 6.08. The molecule has 0 amide bonds. The SMILES string of the molecule is COc1ccc2c(c1)cc(-c1ccccc1)n2Cc1cccc(C(=O)CS(=O)(=O)c2ccc(F)cc2)n1. The second-order valence-corrected chi connectivity index (χ2v) is 10.5. The number of carbonyl (C=O) groups excluding carboxylic acids is 1. The maximum absolute atomic E-state index is 13.2. The lowest BCUT2D eigenvalue weighted by Crippen LogP contribution is -2.18. The average Bonchev–Trinajstić information content (AvgIpc) is 3.26. The van der Waals surface area contributed by atoms with E-state index < -0.39 is 27.2 Å². The number of halogens is 1. The number of carbonyl (C=O) groups is 1. The Morgan fingerprint density at radius 2 is 1.68 bits per heavy atom. The maximum atomic E-state index is 13.2. The van der Waals surface area contributed by atoms with Gasteiger partial charge in [-0.05, 0) is 66.2 Å². The normalized spacial score (nSPS) is 11.5. The third-order valence-corrected chi connectivity index (χ3v) is 7.72. The summed E-state index contributed by atoms with van der Waals surface area (Å²) in [5.41, 5.74) is 3.63. The number of hydrogen-bond acceptors (Lipinski definition) is 5. The van der Waals surface area contributed by atoms with Crippen molar-refractivity contribution >= 4 is 26.5 Å². The van der Waals surface area contributed by atoms with Crippen LogP contribution in [-0.4, -0.2) is 36.6 Å². The number of Topliss-reactive ketones (excluding diaryl/α,β-unsaturated/α-hetero) is 1. The molecular weight excluding hydrogens is 491 g/mol. The molecule has 0 atom stereocenters. The molecule has 186 valence electrons. The smallest absolute Gasteiger partial charge is 0.196 e. The molecule has 3 aromatic carbocycles. The van der Waals surface area contributed by atoms with Gasteiger partial charge in [0, 0.05) is 16.6 Å². The fraction of sp³-hybridized carbons (Fsp3) is 0.103. The number of fused-ring (bicyclic) bond motifs is 1. The predicted molar refractivity (Wildman–Crippen MR) is 140 cm³/mol. The van der Waals surface area contributed by atoms with Crippen molar-refractivity contribution in [1.29, 1.82) is 0 Å². The van der Waals surface area contributed by atoms with Crippen LogP contribution in [0.3, 0.4) is 0 Å². The Morgan fingerprint density at radius 1 is 0.919 bits per heavy atom. The first kappa shape index (κ1) is 24.4. The number of benzene rings is 3. The molecule has 6 nitrogen and oxygen atoms in total. The Balaban J connectivity index is 1.47. The lowest BCUT2D eigenvalue weighted by Gasteiger charge is -2.12. The van der Waals surface area contributed by atoms with E-state index in [9.17, 15) is 17.6 Å². The Morgan fingerprint density at radius 3 is 2.41 bits per heavy atom. The number of sulfone groups is 1. The van der Waals surface area contributed by atoms with Gasteiger partial charge in [0.15, 0.2) is 15.6 Å². The monoisotopic (exact) mass is 514 g/mol. The molecule has 37 heavy (non-hydrogen) atoms. The largest absolute Gasteiger partial charge is 0.497 e. The molecule has 0 aliphatic heterocycles. The molecule has 0 radical (unpaired) electrons. The average molecular weight is 515 g/mol. The van der Waals surface area contributed by atoms with E-state index in [1.165, 1.54) is 6.07 Å². The quantitative estimate of drug-likeness (QED) is 0.200. The lowest BCUT2D eigenvalue weighted by molar-refractivity contribution is 0.101. The van der Waals surface area contributed by atoms with Gasteiger partial charge in [-0.1, -0.05) is 36.4 Å². The second-order valence-electron chi connectivity index (χ2n) is 8.56. The highest BCUT2D eigenvalue weighted by atomic mass is 32.2. The van der Waals surface area contributed by atoms with Crippen molar-refractivity contribution in [3.8, 4) is 17.0 Å². The topological polar surface area (TPSA) is 78.3 Å². The summed E-state index contributed by atoms with van der Waals surface area (Å²) in [5.74, 6) is -1.18. The van der Waals surface area contributed by atoms with Crippen LogP contribution in [0.2, 0.25) is 0 Å². The highest BCUT2D eigenvalue weighted by molar-refractivity contribution is 7.92. The lowest BCUT2D eigenvalue weighted by atomic mass is 10.1. The molecule has 0 aliphatic rings. The first-order valence-corrected chi connectivity index (χ1v) is 13.2. The van der Waals surface area contributed by atoms with Crippen LogP contribution in [0, 0.1) is 5.82 Å². The highest BCUT2D eigenvalue weighted by Crippen LogP contribution is 2.31. The van der Waals surface area contributed by atoms with E-state index in [1.807, 2.05) is 48.5 Å². The van der Waals surface area contributed by atoms with Crippen molar-refractivity contribution in [2.24, 2.45) is 0 Å². The number of aromatic nitrogens is 2. The molecule has 5 aromatic rings. The van der Waals surface area contributed by atoms with Crippen molar-refractivity contribution in [3.05, 3.63) is 114 Å². The van der Waals surface area contributed by atoms with Gasteiger partial charge in [0.05, 0.1) is 24.2 Å². The molecule has 0 aliphatic carbocycles. The molecule has 2 aromatic heterocycles. The molecule has 5 rings (SSSR count). The number of ketones is 1. The maximum Gasteiger partial charge on any atom is 0.196 e. The molecule has 0 saturated carbocycles. The van der Waals surface area contributed by atoms with Crippen LogP contribution in [0.1, 0.15) is 16.2 Å². The van der Waals surface area contributed by atoms with Gasteiger partial charge >= 0.3 is 0 Å². The van der Waals surface area contributed by atoms with Crippen molar-refractivity contribution in [3.63, 3.8) is 0 Å². The molecule has 2 heterocycles. The van der Waals surface area contributed by atoms with Crippen LogP contribution in [0.4, 0.5) is 4.39 Å². The zero-order chi connectivity index (χ0) is 26.0. The van der Waals surface area contributed by atoms with Gasteiger partial charge in [-0.25, -0.2) is 17.8 Å². The van der Waals surface area contributed by atoms with Gasteiger partial charge in [0.2, 0.25) is 0 Å². The minimum Gasteiger partial charge on any atom is -0.497 e. The van der Waals surface area contributed by atoms with Crippen LogP contribution in [0.15, 0.2) is 102 Å². The number of pyridine rings is 1. The Hall–Kier alpha value is -4.30. The van der Waals surface area contributed by atoms with Gasteiger partial charge in [-0.2, -0.15) is 0 Å². The van der Waals surface area contributed by atoms with E-state index in [0.29, 0.717) is 12.2 Å². The summed E-state index contributed by atoms with van der Waals surface area (Å²) in [6, 6.07) is 27.3. The van der Waals surface area contributed by atoms with Crippen molar-refractivity contribution in [2.75, 3.05) is 12.9 Å². The molecule has 0 fully saturated rings. The number of ether oxygens (including phenoxy) is 1. The number of nitrogens with zero attached hydrogens (tertiary/aromatic N) is 2. The molecule has 0 spiro atoms. The predicted octanol–water partition coefficient (Wildman–Crippen LogP) is 5.56. The number of methoxy groups -OCH3 is 1. The van der Waals surface area contributed by atoms with Gasteiger partial charge in [0.1, 0.15) is 23.0 Å². The van der Waals surface area contributed by atoms with E-state index in [0.717, 1.165) is 52.2 Å².